The topological polar surface area (TPSA) is 20.3 Å². The van der Waals surface area contributed by atoms with Gasteiger partial charge in [0.25, 0.3) is 5.91 Å². The molecule has 0 aromatic heterocycles. The van der Waals surface area contributed by atoms with Crippen molar-refractivity contribution in [3.63, 3.8) is 0 Å². The molecule has 0 spiro atoms. The molecule has 4 saturated carbocycles. The molecule has 4 bridgehead atoms. The standard InChI is InChI=1S/C19H23NO/c21-19-17-4-2-1-3-15(17)11-20(19)18-14-6-5-12-7-13(9-14)10-16(18)8-12/h1-4,12-14,16,18H,5-11H2. The first-order valence-electron chi connectivity index (χ1n) is 8.68. The van der Waals surface area contributed by atoms with Crippen LogP contribution in [0.4, 0.5) is 0 Å². The Labute approximate surface area is 126 Å². The largest absolute Gasteiger partial charge is 0.331 e. The normalized spacial score (nSPS) is 40.5. The lowest BCUT2D eigenvalue weighted by molar-refractivity contribution is 0.0131. The van der Waals surface area contributed by atoms with Crippen LogP contribution in [0.1, 0.15) is 54.4 Å². The molecule has 5 atom stereocenters. The molecule has 1 aromatic carbocycles. The van der Waals surface area contributed by atoms with E-state index in [-0.39, 0.29) is 0 Å². The van der Waals surface area contributed by atoms with E-state index in [1.807, 2.05) is 12.1 Å². The van der Waals surface area contributed by atoms with Gasteiger partial charge in [-0.2, -0.15) is 0 Å². The Bertz CT molecular complexity index is 587. The van der Waals surface area contributed by atoms with E-state index in [1.165, 1.54) is 44.1 Å². The fraction of sp³-hybridized carbons (Fsp3) is 0.632. The summed E-state index contributed by atoms with van der Waals surface area (Å²) >= 11 is 0. The summed E-state index contributed by atoms with van der Waals surface area (Å²) in [7, 11) is 0. The van der Waals surface area contributed by atoms with Crippen molar-refractivity contribution in [1.82, 2.24) is 4.90 Å². The first-order valence-corrected chi connectivity index (χ1v) is 8.68. The van der Waals surface area contributed by atoms with Gasteiger partial charge >= 0.3 is 0 Å². The Balaban J connectivity index is 1.50. The quantitative estimate of drug-likeness (QED) is 0.765. The zero-order valence-electron chi connectivity index (χ0n) is 12.5. The minimum absolute atomic E-state index is 0.308. The van der Waals surface area contributed by atoms with E-state index in [1.54, 1.807) is 0 Å². The first kappa shape index (κ1) is 12.3. The summed E-state index contributed by atoms with van der Waals surface area (Å²) in [6, 6.07) is 8.76. The van der Waals surface area contributed by atoms with Crippen LogP contribution in [-0.4, -0.2) is 16.8 Å². The lowest BCUT2D eigenvalue weighted by Gasteiger charge is -2.47. The fourth-order valence-electron chi connectivity index (χ4n) is 6.04. The van der Waals surface area contributed by atoms with E-state index < -0.39 is 0 Å². The highest BCUT2D eigenvalue weighted by atomic mass is 16.2. The Morgan fingerprint density at radius 2 is 1.71 bits per heavy atom. The van der Waals surface area contributed by atoms with Gasteiger partial charge in [-0.25, -0.2) is 0 Å². The number of amides is 1. The van der Waals surface area contributed by atoms with E-state index >= 15 is 0 Å². The summed E-state index contributed by atoms with van der Waals surface area (Å²) in [5.74, 6) is 3.80. The van der Waals surface area contributed by atoms with Crippen LogP contribution in [-0.2, 0) is 6.54 Å². The highest BCUT2D eigenvalue weighted by Crippen LogP contribution is 2.53. The van der Waals surface area contributed by atoms with Gasteiger partial charge in [0, 0.05) is 18.2 Å². The Morgan fingerprint density at radius 1 is 0.905 bits per heavy atom. The molecule has 4 fully saturated rings. The van der Waals surface area contributed by atoms with E-state index in [0.29, 0.717) is 11.9 Å². The van der Waals surface area contributed by atoms with Gasteiger partial charge in [-0.1, -0.05) is 24.6 Å². The van der Waals surface area contributed by atoms with Crippen LogP contribution >= 0.6 is 0 Å². The van der Waals surface area contributed by atoms with Gasteiger partial charge in [0.2, 0.25) is 0 Å². The van der Waals surface area contributed by atoms with E-state index in [4.69, 9.17) is 0 Å². The summed E-state index contributed by atoms with van der Waals surface area (Å²) in [5, 5.41) is 0. The number of carbonyl (C=O) groups excluding carboxylic acids is 1. The summed E-state index contributed by atoms with van der Waals surface area (Å²) in [6.07, 6.45) is 8.42. The molecule has 5 unspecified atom stereocenters. The smallest absolute Gasteiger partial charge is 0.254 e. The van der Waals surface area contributed by atoms with Crippen molar-refractivity contribution in [2.24, 2.45) is 23.7 Å². The molecule has 110 valence electrons. The molecular weight excluding hydrogens is 258 g/mol. The zero-order chi connectivity index (χ0) is 14.0. The highest BCUT2D eigenvalue weighted by molar-refractivity contribution is 5.98. The zero-order valence-corrected chi connectivity index (χ0v) is 12.5. The average Bonchev–Trinajstić information content (AvgIpc) is 2.67. The second-order valence-corrected chi connectivity index (χ2v) is 7.85. The monoisotopic (exact) mass is 281 g/mol. The molecule has 21 heavy (non-hydrogen) atoms. The van der Waals surface area contributed by atoms with E-state index in [2.05, 4.69) is 17.0 Å². The highest BCUT2D eigenvalue weighted by Gasteiger charge is 2.49. The molecule has 5 aliphatic rings. The summed E-state index contributed by atoms with van der Waals surface area (Å²) in [4.78, 5) is 15.1. The molecule has 2 nitrogen and oxygen atoms in total. The lowest BCUT2D eigenvalue weighted by Crippen LogP contribution is -2.50. The maximum atomic E-state index is 12.9. The third-order valence-electron chi connectivity index (χ3n) is 6.70. The molecule has 6 rings (SSSR count). The van der Waals surface area contributed by atoms with Crippen LogP contribution in [0.2, 0.25) is 0 Å². The Hall–Kier alpha value is -1.31. The number of carbonyl (C=O) groups is 1. The van der Waals surface area contributed by atoms with Crippen LogP contribution < -0.4 is 0 Å². The van der Waals surface area contributed by atoms with E-state index in [9.17, 15) is 4.79 Å². The molecule has 4 aliphatic carbocycles. The maximum Gasteiger partial charge on any atom is 0.254 e. The third kappa shape index (κ3) is 1.74. The second-order valence-electron chi connectivity index (χ2n) is 7.85. The second kappa shape index (κ2) is 4.34. The molecule has 2 heteroatoms. The predicted octanol–water partition coefficient (Wildman–Crippen LogP) is 3.86. The molecule has 0 saturated heterocycles. The molecule has 0 radical (unpaired) electrons. The fourth-order valence-corrected chi connectivity index (χ4v) is 6.04. The number of fused-ring (bicyclic) bond motifs is 2. The SMILES string of the molecule is O=C1c2ccccc2CN1C1C2CCC3CC(C2)CC1C3. The molecule has 1 aromatic rings. The number of nitrogens with zero attached hydrogens (tertiary/aromatic N) is 1. The summed E-state index contributed by atoms with van der Waals surface area (Å²) < 4.78 is 0. The van der Waals surface area contributed by atoms with Gasteiger partial charge in [0.15, 0.2) is 0 Å². The summed E-state index contributed by atoms with van der Waals surface area (Å²) in [5.41, 5.74) is 2.21. The molecule has 0 N–H and O–H groups in total. The van der Waals surface area contributed by atoms with Gasteiger partial charge in [0.1, 0.15) is 0 Å². The van der Waals surface area contributed by atoms with Crippen LogP contribution in [0.5, 0.6) is 0 Å². The summed E-state index contributed by atoms with van der Waals surface area (Å²) in [6.45, 7) is 0.863. The van der Waals surface area contributed by atoms with Gasteiger partial charge in [-0.05, 0) is 67.4 Å². The lowest BCUT2D eigenvalue weighted by atomic mass is 9.65. The Morgan fingerprint density at radius 3 is 2.62 bits per heavy atom. The minimum Gasteiger partial charge on any atom is -0.331 e. The van der Waals surface area contributed by atoms with Crippen molar-refractivity contribution in [3.8, 4) is 0 Å². The number of hydrogen-bond donors (Lipinski definition) is 0. The molecular formula is C19H23NO. The average molecular weight is 281 g/mol. The third-order valence-corrected chi connectivity index (χ3v) is 6.70. The van der Waals surface area contributed by atoms with Crippen molar-refractivity contribution < 1.29 is 4.79 Å². The minimum atomic E-state index is 0.308. The van der Waals surface area contributed by atoms with Crippen molar-refractivity contribution in [2.45, 2.75) is 51.1 Å². The van der Waals surface area contributed by atoms with Crippen molar-refractivity contribution in [3.05, 3.63) is 35.4 Å². The van der Waals surface area contributed by atoms with Crippen LogP contribution in [0.3, 0.4) is 0 Å². The van der Waals surface area contributed by atoms with Crippen LogP contribution in [0, 0.1) is 23.7 Å². The van der Waals surface area contributed by atoms with Gasteiger partial charge in [-0.15, -0.1) is 0 Å². The van der Waals surface area contributed by atoms with Gasteiger partial charge in [0.05, 0.1) is 0 Å². The van der Waals surface area contributed by atoms with Crippen LogP contribution in [0.25, 0.3) is 0 Å². The molecule has 1 aliphatic heterocycles. The molecule has 1 amide bonds. The maximum absolute atomic E-state index is 12.9. The number of rotatable bonds is 1. The number of hydrogen-bond acceptors (Lipinski definition) is 1. The molecule has 1 heterocycles. The predicted molar refractivity (Wildman–Crippen MR) is 81.8 cm³/mol. The van der Waals surface area contributed by atoms with Gasteiger partial charge < -0.3 is 4.90 Å². The van der Waals surface area contributed by atoms with Crippen LogP contribution in [0.15, 0.2) is 24.3 Å². The first-order chi connectivity index (χ1) is 10.3. The Kier molecular flexibility index (Phi) is 2.54. The van der Waals surface area contributed by atoms with Crippen molar-refractivity contribution >= 4 is 5.91 Å². The van der Waals surface area contributed by atoms with Gasteiger partial charge in [-0.3, -0.25) is 4.79 Å². The van der Waals surface area contributed by atoms with Crippen molar-refractivity contribution in [1.29, 1.82) is 0 Å². The van der Waals surface area contributed by atoms with Crippen molar-refractivity contribution in [2.75, 3.05) is 0 Å². The number of benzene rings is 1. The van der Waals surface area contributed by atoms with E-state index in [0.717, 1.165) is 35.8 Å².